The number of benzene rings is 1. The standard InChI is InChI=1S/C18H21N5.BrH/c1-22(2)16-9-7-14(8-10-16)12-15(13-19)18-21-20-17-6-4-3-5-11-23(17)18;/h7-10,12H,3-6,11H2,1-2H3;1H/b15-12-;. The summed E-state index contributed by atoms with van der Waals surface area (Å²) in [6, 6.07) is 10.4. The molecule has 0 bridgehead atoms. The Bertz CT molecular complexity index is 753. The van der Waals surface area contributed by atoms with Crippen LogP contribution in [0.4, 0.5) is 5.69 Å². The van der Waals surface area contributed by atoms with Crippen LogP contribution in [0.1, 0.15) is 36.5 Å². The highest BCUT2D eigenvalue weighted by Gasteiger charge is 2.17. The van der Waals surface area contributed by atoms with Crippen molar-refractivity contribution in [3.05, 3.63) is 41.5 Å². The molecule has 5 nitrogen and oxygen atoms in total. The van der Waals surface area contributed by atoms with Gasteiger partial charge in [-0.25, -0.2) is 0 Å². The van der Waals surface area contributed by atoms with Gasteiger partial charge in [0.2, 0.25) is 0 Å². The summed E-state index contributed by atoms with van der Waals surface area (Å²) in [7, 11) is 4.02. The van der Waals surface area contributed by atoms with E-state index in [2.05, 4.69) is 25.7 Å². The number of hydrogen-bond donors (Lipinski definition) is 0. The SMILES string of the molecule is Br.CN(C)c1ccc(/C=C(/C#N)c2nnc3n2CCCCC3)cc1. The second-order valence-electron chi connectivity index (χ2n) is 6.06. The summed E-state index contributed by atoms with van der Waals surface area (Å²) >= 11 is 0. The van der Waals surface area contributed by atoms with Crippen molar-refractivity contribution in [2.45, 2.75) is 32.2 Å². The molecule has 126 valence electrons. The maximum Gasteiger partial charge on any atom is 0.174 e. The lowest BCUT2D eigenvalue weighted by molar-refractivity contribution is 0.627. The molecule has 0 unspecified atom stereocenters. The average molecular weight is 388 g/mol. The average Bonchev–Trinajstić information content (AvgIpc) is 2.81. The number of nitrogens with zero attached hydrogens (tertiary/aromatic N) is 5. The third-order valence-corrected chi connectivity index (χ3v) is 4.19. The van der Waals surface area contributed by atoms with E-state index >= 15 is 0 Å². The summed E-state index contributed by atoms with van der Waals surface area (Å²) in [4.78, 5) is 2.05. The molecule has 0 fully saturated rings. The van der Waals surface area contributed by atoms with Gasteiger partial charge in [0.05, 0.1) is 5.57 Å². The number of hydrogen-bond acceptors (Lipinski definition) is 4. The molecule has 1 aromatic carbocycles. The zero-order chi connectivity index (χ0) is 16.2. The van der Waals surface area contributed by atoms with Crippen molar-refractivity contribution in [3.8, 4) is 6.07 Å². The lowest BCUT2D eigenvalue weighted by Crippen LogP contribution is -2.08. The molecule has 0 N–H and O–H groups in total. The lowest BCUT2D eigenvalue weighted by atomic mass is 10.1. The van der Waals surface area contributed by atoms with Crippen LogP contribution in [0.15, 0.2) is 24.3 Å². The normalized spacial score (nSPS) is 14.1. The van der Waals surface area contributed by atoms with Crippen molar-refractivity contribution >= 4 is 34.3 Å². The van der Waals surface area contributed by atoms with Crippen molar-refractivity contribution in [1.82, 2.24) is 14.8 Å². The Labute approximate surface area is 153 Å². The summed E-state index contributed by atoms with van der Waals surface area (Å²) in [6.45, 7) is 0.899. The van der Waals surface area contributed by atoms with E-state index in [-0.39, 0.29) is 17.0 Å². The molecule has 2 aromatic rings. The van der Waals surface area contributed by atoms with Gasteiger partial charge < -0.3 is 9.47 Å². The van der Waals surface area contributed by atoms with E-state index in [1.54, 1.807) is 0 Å². The summed E-state index contributed by atoms with van der Waals surface area (Å²) in [6.07, 6.45) is 6.31. The van der Waals surface area contributed by atoms with E-state index in [1.807, 2.05) is 44.4 Å². The fraction of sp³-hybridized carbons (Fsp3) is 0.389. The summed E-state index contributed by atoms with van der Waals surface area (Å²) in [5.41, 5.74) is 2.71. The quantitative estimate of drug-likeness (QED) is 0.753. The van der Waals surface area contributed by atoms with Crippen molar-refractivity contribution in [2.24, 2.45) is 0 Å². The third kappa shape index (κ3) is 3.85. The molecule has 0 aliphatic carbocycles. The summed E-state index contributed by atoms with van der Waals surface area (Å²) < 4.78 is 2.11. The van der Waals surface area contributed by atoms with E-state index in [0.29, 0.717) is 11.4 Å². The van der Waals surface area contributed by atoms with Crippen LogP contribution in [0.2, 0.25) is 0 Å². The number of fused-ring (bicyclic) bond motifs is 1. The smallest absolute Gasteiger partial charge is 0.174 e. The van der Waals surface area contributed by atoms with Crippen LogP contribution in [0.3, 0.4) is 0 Å². The number of aromatic nitrogens is 3. The van der Waals surface area contributed by atoms with Crippen molar-refractivity contribution in [2.75, 3.05) is 19.0 Å². The van der Waals surface area contributed by atoms with Crippen LogP contribution in [0, 0.1) is 11.3 Å². The van der Waals surface area contributed by atoms with E-state index in [4.69, 9.17) is 0 Å². The zero-order valence-corrected chi connectivity index (χ0v) is 15.8. The summed E-state index contributed by atoms with van der Waals surface area (Å²) in [5, 5.41) is 18.1. The minimum atomic E-state index is 0. The first kappa shape index (κ1) is 18.2. The van der Waals surface area contributed by atoms with Crippen LogP contribution in [0.5, 0.6) is 0 Å². The maximum atomic E-state index is 9.57. The van der Waals surface area contributed by atoms with Gasteiger partial charge in [-0.05, 0) is 36.6 Å². The highest BCUT2D eigenvalue weighted by molar-refractivity contribution is 8.93. The molecular weight excluding hydrogens is 366 g/mol. The minimum Gasteiger partial charge on any atom is -0.378 e. The molecule has 3 rings (SSSR count). The number of anilines is 1. The molecule has 0 saturated heterocycles. The number of allylic oxidation sites excluding steroid dienone is 1. The van der Waals surface area contributed by atoms with Crippen molar-refractivity contribution in [3.63, 3.8) is 0 Å². The molecule has 1 aliphatic rings. The van der Waals surface area contributed by atoms with Crippen LogP contribution in [-0.2, 0) is 13.0 Å². The second-order valence-corrected chi connectivity index (χ2v) is 6.06. The Morgan fingerprint density at radius 3 is 2.58 bits per heavy atom. The first-order valence-corrected chi connectivity index (χ1v) is 8.00. The van der Waals surface area contributed by atoms with E-state index in [1.165, 1.54) is 6.42 Å². The topological polar surface area (TPSA) is 57.7 Å². The van der Waals surface area contributed by atoms with Crippen molar-refractivity contribution in [1.29, 1.82) is 5.26 Å². The fourth-order valence-electron chi connectivity index (χ4n) is 2.87. The third-order valence-electron chi connectivity index (χ3n) is 4.19. The first-order chi connectivity index (χ1) is 11.2. The second kappa shape index (κ2) is 8.11. The van der Waals surface area contributed by atoms with Crippen LogP contribution in [-0.4, -0.2) is 28.9 Å². The van der Waals surface area contributed by atoms with Gasteiger partial charge >= 0.3 is 0 Å². The van der Waals surface area contributed by atoms with Gasteiger partial charge in [-0.15, -0.1) is 27.2 Å². The molecule has 6 heteroatoms. The van der Waals surface area contributed by atoms with E-state index in [0.717, 1.165) is 42.9 Å². The zero-order valence-electron chi connectivity index (χ0n) is 14.1. The highest BCUT2D eigenvalue weighted by Crippen LogP contribution is 2.22. The number of halogens is 1. The Balaban J connectivity index is 0.00000208. The van der Waals surface area contributed by atoms with Crippen LogP contribution < -0.4 is 4.90 Å². The molecule has 0 spiro atoms. The van der Waals surface area contributed by atoms with Gasteiger partial charge in [0, 0.05) is 32.7 Å². The molecule has 0 saturated carbocycles. The van der Waals surface area contributed by atoms with Crippen molar-refractivity contribution < 1.29 is 0 Å². The Hall–Kier alpha value is -2.13. The van der Waals surface area contributed by atoms with Gasteiger partial charge in [-0.1, -0.05) is 18.6 Å². The molecule has 0 atom stereocenters. The first-order valence-electron chi connectivity index (χ1n) is 8.00. The molecule has 1 aliphatic heterocycles. The van der Waals surface area contributed by atoms with Crippen LogP contribution in [0.25, 0.3) is 11.6 Å². The molecule has 0 amide bonds. The van der Waals surface area contributed by atoms with E-state index < -0.39 is 0 Å². The van der Waals surface area contributed by atoms with Gasteiger partial charge in [0.1, 0.15) is 11.9 Å². The molecule has 2 heterocycles. The predicted octanol–water partition coefficient (Wildman–Crippen LogP) is 3.71. The number of aryl methyl sites for hydroxylation is 1. The molecular formula is C18H22BrN5. The fourth-order valence-corrected chi connectivity index (χ4v) is 2.87. The molecule has 1 aromatic heterocycles. The minimum absolute atomic E-state index is 0. The largest absolute Gasteiger partial charge is 0.378 e. The van der Waals surface area contributed by atoms with Gasteiger partial charge in [0.15, 0.2) is 5.82 Å². The van der Waals surface area contributed by atoms with E-state index in [9.17, 15) is 5.26 Å². The van der Waals surface area contributed by atoms with Gasteiger partial charge in [-0.3, -0.25) is 0 Å². The number of nitriles is 1. The Kier molecular flexibility index (Phi) is 6.16. The Morgan fingerprint density at radius 1 is 1.17 bits per heavy atom. The highest BCUT2D eigenvalue weighted by atomic mass is 79.9. The predicted molar refractivity (Wildman–Crippen MR) is 102 cm³/mol. The van der Waals surface area contributed by atoms with Crippen LogP contribution >= 0.6 is 17.0 Å². The van der Waals surface area contributed by atoms with Gasteiger partial charge in [-0.2, -0.15) is 5.26 Å². The lowest BCUT2D eigenvalue weighted by Gasteiger charge is -2.12. The molecule has 24 heavy (non-hydrogen) atoms. The molecule has 0 radical (unpaired) electrons. The number of rotatable bonds is 3. The monoisotopic (exact) mass is 387 g/mol. The summed E-state index contributed by atoms with van der Waals surface area (Å²) in [5.74, 6) is 1.70. The Morgan fingerprint density at radius 2 is 1.92 bits per heavy atom. The van der Waals surface area contributed by atoms with Gasteiger partial charge in [0.25, 0.3) is 0 Å². The maximum absolute atomic E-state index is 9.57.